The topological polar surface area (TPSA) is 92.7 Å². The normalized spacial score (nSPS) is 18.1. The molecule has 0 amide bonds. The van der Waals surface area contributed by atoms with E-state index in [-0.39, 0.29) is 48.3 Å². The van der Waals surface area contributed by atoms with Crippen LogP contribution < -0.4 is 10.1 Å². The largest absolute Gasteiger partial charge is 0.479 e. The number of methoxy groups -OCH3 is 1. The summed E-state index contributed by atoms with van der Waals surface area (Å²) in [7, 11) is 1.36. The number of aliphatic hydroxyl groups excluding tert-OH is 1. The number of β-amino-alcohol motifs (C(OH)–C–C–N with tert-alkyl or cyclic N) is 1. The molecule has 1 fully saturated rings. The van der Waals surface area contributed by atoms with E-state index >= 15 is 0 Å². The quantitative estimate of drug-likeness (QED) is 0.331. The number of aromatic nitrogens is 5. The van der Waals surface area contributed by atoms with Gasteiger partial charge in [0.05, 0.1) is 38.4 Å². The van der Waals surface area contributed by atoms with Crippen molar-refractivity contribution in [2.75, 3.05) is 38.7 Å². The third-order valence-electron chi connectivity index (χ3n) is 6.70. The molecule has 3 aromatic heterocycles. The number of fused-ring (bicyclic) bond motifs is 2. The molecule has 0 aliphatic carbocycles. The Morgan fingerprint density at radius 2 is 2.05 bits per heavy atom. The number of imidazole rings is 1. The number of anilines is 1. The van der Waals surface area contributed by atoms with Gasteiger partial charge in [0.25, 0.3) is 12.3 Å². The van der Waals surface area contributed by atoms with Crippen LogP contribution in [0.2, 0.25) is 0 Å². The van der Waals surface area contributed by atoms with E-state index in [1.165, 1.54) is 34.1 Å². The number of alkyl halides is 4. The Morgan fingerprint density at radius 3 is 2.74 bits per heavy atom. The molecule has 1 atom stereocenters. The zero-order valence-corrected chi connectivity index (χ0v) is 20.6. The Morgan fingerprint density at radius 1 is 1.26 bits per heavy atom. The van der Waals surface area contributed by atoms with Gasteiger partial charge in [0, 0.05) is 24.8 Å². The van der Waals surface area contributed by atoms with Crippen LogP contribution in [0.25, 0.3) is 27.7 Å². The summed E-state index contributed by atoms with van der Waals surface area (Å²) in [4.78, 5) is 9.86. The van der Waals surface area contributed by atoms with Crippen molar-refractivity contribution in [3.05, 3.63) is 36.0 Å². The first kappa shape index (κ1) is 26.1. The van der Waals surface area contributed by atoms with Crippen molar-refractivity contribution in [2.45, 2.75) is 38.3 Å². The third kappa shape index (κ3) is 4.73. The minimum absolute atomic E-state index is 0.0175. The van der Waals surface area contributed by atoms with Gasteiger partial charge in [-0.05, 0) is 37.1 Å². The smallest absolute Gasteiger partial charge is 0.280 e. The Hall–Kier alpha value is -3.52. The minimum Gasteiger partial charge on any atom is -0.479 e. The van der Waals surface area contributed by atoms with Crippen LogP contribution in [0, 0.1) is 12.7 Å². The molecule has 0 bridgehead atoms. The first-order chi connectivity index (χ1) is 18.1. The molecule has 0 unspecified atom stereocenters. The van der Waals surface area contributed by atoms with Crippen molar-refractivity contribution in [3.63, 3.8) is 0 Å². The maximum atomic E-state index is 15.0. The van der Waals surface area contributed by atoms with Gasteiger partial charge in [-0.15, -0.1) is 5.10 Å². The molecule has 0 radical (unpaired) electrons. The molecule has 38 heavy (non-hydrogen) atoms. The van der Waals surface area contributed by atoms with Gasteiger partial charge >= 0.3 is 0 Å². The van der Waals surface area contributed by atoms with Crippen LogP contribution in [0.3, 0.4) is 0 Å². The molecular weight excluding hydrogens is 513 g/mol. The minimum atomic E-state index is -3.09. The number of piperidine rings is 1. The highest BCUT2D eigenvalue weighted by Crippen LogP contribution is 2.35. The van der Waals surface area contributed by atoms with Crippen LogP contribution in [-0.2, 0) is 6.54 Å². The van der Waals surface area contributed by atoms with Crippen molar-refractivity contribution in [1.82, 2.24) is 29.0 Å². The number of halogens is 5. The van der Waals surface area contributed by atoms with Crippen LogP contribution in [0.1, 0.15) is 12.2 Å². The summed E-state index contributed by atoms with van der Waals surface area (Å²) in [5.41, 5.74) is 1.36. The lowest BCUT2D eigenvalue weighted by molar-refractivity contribution is -0.0760. The molecule has 2 N–H and O–H groups in total. The van der Waals surface area contributed by atoms with Gasteiger partial charge in [-0.1, -0.05) is 0 Å². The van der Waals surface area contributed by atoms with Gasteiger partial charge in [0.1, 0.15) is 16.9 Å². The van der Waals surface area contributed by atoms with Crippen molar-refractivity contribution in [1.29, 1.82) is 0 Å². The molecular formula is C24H26F5N7O2. The third-order valence-corrected chi connectivity index (χ3v) is 6.70. The lowest BCUT2D eigenvalue weighted by Gasteiger charge is -2.38. The maximum absolute atomic E-state index is 15.0. The molecule has 4 aromatic rings. The highest BCUT2D eigenvalue weighted by atomic mass is 19.3. The van der Waals surface area contributed by atoms with Gasteiger partial charge < -0.3 is 19.7 Å². The van der Waals surface area contributed by atoms with Crippen molar-refractivity contribution < 1.29 is 31.8 Å². The zero-order chi connectivity index (χ0) is 27.2. The summed E-state index contributed by atoms with van der Waals surface area (Å²) in [6, 6.07) is 3.19. The summed E-state index contributed by atoms with van der Waals surface area (Å²) in [5.74, 6) is -3.53. The second-order valence-electron chi connectivity index (χ2n) is 9.20. The number of ether oxygens (including phenoxy) is 1. The Bertz CT molecular complexity index is 1470. The maximum Gasteiger partial charge on any atom is 0.280 e. The second-order valence-corrected chi connectivity index (χ2v) is 9.20. The predicted molar refractivity (Wildman–Crippen MR) is 129 cm³/mol. The molecule has 0 spiro atoms. The first-order valence-electron chi connectivity index (χ1n) is 12.0. The number of nitrogens with zero attached hydrogens (tertiary/aromatic N) is 6. The van der Waals surface area contributed by atoms with Crippen molar-refractivity contribution in [2.24, 2.45) is 0 Å². The molecule has 1 aromatic carbocycles. The fourth-order valence-electron chi connectivity index (χ4n) is 4.93. The van der Waals surface area contributed by atoms with Gasteiger partial charge in [0.2, 0.25) is 11.8 Å². The van der Waals surface area contributed by atoms with Crippen LogP contribution in [-0.4, -0.2) is 85.9 Å². The predicted octanol–water partition coefficient (Wildman–Crippen LogP) is 3.58. The fraction of sp³-hybridized carbons (Fsp3) is 0.458. The second kappa shape index (κ2) is 9.98. The molecule has 14 heteroatoms. The van der Waals surface area contributed by atoms with Gasteiger partial charge in [-0.3, -0.25) is 4.90 Å². The van der Waals surface area contributed by atoms with E-state index in [1.807, 2.05) is 0 Å². The van der Waals surface area contributed by atoms with Crippen LogP contribution in [0.15, 0.2) is 24.4 Å². The zero-order valence-electron chi connectivity index (χ0n) is 20.6. The van der Waals surface area contributed by atoms with Crippen molar-refractivity contribution in [3.8, 4) is 17.0 Å². The lowest BCUT2D eigenvalue weighted by atomic mass is 10.0. The molecule has 1 aliphatic rings. The van der Waals surface area contributed by atoms with E-state index in [4.69, 9.17) is 9.84 Å². The molecule has 5 rings (SSSR count). The van der Waals surface area contributed by atoms with E-state index in [2.05, 4.69) is 20.4 Å². The average Bonchev–Trinajstić information content (AvgIpc) is 3.41. The van der Waals surface area contributed by atoms with Gasteiger partial charge in [-0.2, -0.15) is 4.98 Å². The van der Waals surface area contributed by atoms with Crippen LogP contribution >= 0.6 is 0 Å². The van der Waals surface area contributed by atoms with E-state index in [9.17, 15) is 22.0 Å². The number of hydrogen-bond acceptors (Lipinski definition) is 7. The summed E-state index contributed by atoms with van der Waals surface area (Å²) >= 11 is 0. The van der Waals surface area contributed by atoms with Gasteiger partial charge in [-0.25, -0.2) is 31.5 Å². The highest BCUT2D eigenvalue weighted by Gasteiger charge is 2.45. The molecule has 9 nitrogen and oxygen atoms in total. The number of hydrogen-bond donors (Lipinski definition) is 2. The van der Waals surface area contributed by atoms with E-state index < -0.39 is 37.3 Å². The molecule has 1 saturated heterocycles. The standard InChI is InChI=1S/C24H26F5N7O2/c1-13-30-20-16(25)9-14(10-17(20)35(13)11-19(26)27)15-3-6-36-21(15)22(38-2)32-23(33-36)31-18-4-5-34(7-8-37)12-24(18,28)29/h3,6,9-10,18-19,37H,4-5,7-8,11-12H2,1-2H3,(H,31,33)/t18-/m1/s1. The molecule has 4 heterocycles. The number of aryl methyl sites for hydroxylation is 1. The molecule has 204 valence electrons. The van der Waals surface area contributed by atoms with E-state index in [1.54, 1.807) is 18.3 Å². The van der Waals surface area contributed by atoms with Crippen LogP contribution in [0.5, 0.6) is 5.88 Å². The number of rotatable bonds is 8. The van der Waals surface area contributed by atoms with Crippen molar-refractivity contribution >= 4 is 22.5 Å². The van der Waals surface area contributed by atoms with E-state index in [0.29, 0.717) is 23.2 Å². The number of aliphatic hydroxyl groups is 1. The van der Waals surface area contributed by atoms with Crippen LogP contribution in [0.4, 0.5) is 27.9 Å². The average molecular weight is 540 g/mol. The van der Waals surface area contributed by atoms with Gasteiger partial charge in [0.15, 0.2) is 5.82 Å². The Labute approximate surface area is 213 Å². The highest BCUT2D eigenvalue weighted by molar-refractivity contribution is 5.90. The molecule has 0 saturated carbocycles. The number of likely N-dealkylation sites (tertiary alicyclic amines) is 1. The Kier molecular flexibility index (Phi) is 6.86. The monoisotopic (exact) mass is 539 g/mol. The fourth-order valence-corrected chi connectivity index (χ4v) is 4.93. The summed E-state index contributed by atoms with van der Waals surface area (Å²) in [5, 5.41) is 16.1. The molecule has 1 aliphatic heterocycles. The Balaban J connectivity index is 1.51. The summed E-state index contributed by atoms with van der Waals surface area (Å²) in [6.07, 6.45) is -0.994. The lowest BCUT2D eigenvalue weighted by Crippen LogP contribution is -2.55. The summed E-state index contributed by atoms with van der Waals surface area (Å²) < 4.78 is 78.9. The van der Waals surface area contributed by atoms with E-state index in [0.717, 1.165) is 0 Å². The summed E-state index contributed by atoms with van der Waals surface area (Å²) in [6.45, 7) is 0.726. The number of nitrogens with one attached hydrogen (secondary N) is 1. The number of benzene rings is 1. The first-order valence-corrected chi connectivity index (χ1v) is 12.0. The SMILES string of the molecule is COc1nc(N[C@@H]2CCN(CCO)CC2(F)F)nn2ccc(-c3cc(F)c4nc(C)n(CC(F)F)c4c3)c12.